The summed E-state index contributed by atoms with van der Waals surface area (Å²) in [4.78, 5) is 68.1. The Morgan fingerprint density at radius 3 is 2.47 bits per heavy atom. The number of nitrogens with zero attached hydrogens (tertiary/aromatic N) is 8. The summed E-state index contributed by atoms with van der Waals surface area (Å²) >= 11 is 0. The van der Waals surface area contributed by atoms with E-state index in [0.29, 0.717) is 18.2 Å². The predicted molar refractivity (Wildman–Crippen MR) is 202 cm³/mol. The van der Waals surface area contributed by atoms with E-state index in [1.807, 2.05) is 53.2 Å². The van der Waals surface area contributed by atoms with Crippen LogP contribution in [0.1, 0.15) is 76.4 Å². The molecule has 0 spiro atoms. The van der Waals surface area contributed by atoms with Gasteiger partial charge in [-0.15, -0.1) is 5.10 Å². The summed E-state index contributed by atoms with van der Waals surface area (Å²) < 4.78 is 15.9. The molecule has 0 bridgehead atoms. The van der Waals surface area contributed by atoms with Crippen LogP contribution in [-0.4, -0.2) is 91.8 Å². The molecule has 5 aromatic rings. The first-order valence-corrected chi connectivity index (χ1v) is 18.9. The number of imide groups is 2. The van der Waals surface area contributed by atoms with Gasteiger partial charge < -0.3 is 9.80 Å². The van der Waals surface area contributed by atoms with E-state index in [1.54, 1.807) is 24.3 Å². The van der Waals surface area contributed by atoms with Crippen molar-refractivity contribution < 1.29 is 23.6 Å². The van der Waals surface area contributed by atoms with Gasteiger partial charge in [0.25, 0.3) is 11.8 Å². The van der Waals surface area contributed by atoms with Crippen molar-refractivity contribution in [1.82, 2.24) is 34.7 Å². The van der Waals surface area contributed by atoms with Crippen molar-refractivity contribution in [3.63, 3.8) is 0 Å². The zero-order valence-corrected chi connectivity index (χ0v) is 30.4. The fourth-order valence-electron chi connectivity index (χ4n) is 8.60. The van der Waals surface area contributed by atoms with Crippen LogP contribution in [0.2, 0.25) is 0 Å². The molecule has 55 heavy (non-hydrogen) atoms. The zero-order chi connectivity index (χ0) is 37.8. The zero-order valence-electron chi connectivity index (χ0n) is 30.4. The highest BCUT2D eigenvalue weighted by molar-refractivity contribution is 6.23. The number of amides is 4. The number of fused-ring (bicyclic) bond motifs is 2. The van der Waals surface area contributed by atoms with Crippen LogP contribution in [0.4, 0.5) is 16.0 Å². The number of carbonyl (C=O) groups excluding carboxylic acids is 4. The van der Waals surface area contributed by atoms with Gasteiger partial charge in [0.15, 0.2) is 5.65 Å². The van der Waals surface area contributed by atoms with Crippen LogP contribution >= 0.6 is 0 Å². The molecule has 0 saturated carbocycles. The van der Waals surface area contributed by atoms with Crippen molar-refractivity contribution in [3.8, 4) is 11.4 Å². The molecule has 4 aliphatic heterocycles. The Kier molecular flexibility index (Phi) is 8.84. The van der Waals surface area contributed by atoms with E-state index in [4.69, 9.17) is 10.1 Å². The minimum atomic E-state index is -0.984. The molecule has 280 valence electrons. The largest absolute Gasteiger partial charge is 0.356 e. The molecule has 0 aliphatic carbocycles. The Bertz CT molecular complexity index is 2360. The van der Waals surface area contributed by atoms with Crippen molar-refractivity contribution in [2.45, 2.75) is 63.2 Å². The molecule has 1 N–H and O–H groups in total. The Morgan fingerprint density at radius 1 is 0.836 bits per heavy atom. The number of piperidine rings is 2. The second-order valence-electron chi connectivity index (χ2n) is 14.9. The van der Waals surface area contributed by atoms with Gasteiger partial charge in [0.1, 0.15) is 29.2 Å². The third-order valence-electron chi connectivity index (χ3n) is 11.5. The minimum Gasteiger partial charge on any atom is -0.356 e. The molecule has 4 aliphatic rings. The van der Waals surface area contributed by atoms with E-state index in [-0.39, 0.29) is 30.3 Å². The van der Waals surface area contributed by atoms with Crippen LogP contribution in [0.15, 0.2) is 79.0 Å². The quantitative estimate of drug-likeness (QED) is 0.222. The first kappa shape index (κ1) is 34.7. The molecule has 3 fully saturated rings. The molecule has 7 heterocycles. The lowest BCUT2D eigenvalue weighted by Gasteiger charge is -2.37. The SMILES string of the molecule is CN(Cc1ccc2c(c1)C(=O)N(C1CCC(=O)NC1=O)C2=O)C1CCN(c2cccc(-c3cnc4ccc(N5CCC[C@@H]5c5cccc(F)c5)nn34)n2)CC1. The molecule has 13 nitrogen and oxygen atoms in total. The number of anilines is 2. The van der Waals surface area contributed by atoms with Crippen molar-refractivity contribution in [3.05, 3.63) is 107 Å². The summed E-state index contributed by atoms with van der Waals surface area (Å²) in [5, 5.41) is 7.26. The standard InChI is InChI=1S/C41H40FN9O4/c1-47(24-25-10-11-29-30(21-25)41(55)50(40(29)54)33-12-15-38(52)45-39(33)53)28-16-19-48(20-17-28)36-9-3-7-31(44-36)34-23-43-35-13-14-37(46-51(34)35)49-18-4-8-32(49)26-5-2-6-27(42)22-26/h2-3,5-7,9-11,13-14,21-23,28,32-33H,4,8,12,15-20,24H2,1H3,(H,45,52,53)/t32-,33?/m1/s1. The van der Waals surface area contributed by atoms with Gasteiger partial charge in [-0.1, -0.05) is 24.3 Å². The predicted octanol–water partition coefficient (Wildman–Crippen LogP) is 4.77. The summed E-state index contributed by atoms with van der Waals surface area (Å²) in [6, 6.07) is 21.5. The van der Waals surface area contributed by atoms with Crippen LogP contribution in [0, 0.1) is 5.82 Å². The van der Waals surface area contributed by atoms with Gasteiger partial charge in [0.2, 0.25) is 11.8 Å². The van der Waals surface area contributed by atoms with Gasteiger partial charge in [-0.3, -0.25) is 34.3 Å². The van der Waals surface area contributed by atoms with Crippen molar-refractivity contribution >= 4 is 40.9 Å². The fourth-order valence-corrected chi connectivity index (χ4v) is 8.60. The monoisotopic (exact) mass is 741 g/mol. The Balaban J connectivity index is 0.857. The number of nitrogens with one attached hydrogen (secondary N) is 1. The van der Waals surface area contributed by atoms with E-state index in [9.17, 15) is 23.6 Å². The van der Waals surface area contributed by atoms with Gasteiger partial charge in [-0.2, -0.15) is 0 Å². The summed E-state index contributed by atoms with van der Waals surface area (Å²) in [5.74, 6) is -0.542. The number of hydrogen-bond acceptors (Lipinski definition) is 10. The molecule has 1 unspecified atom stereocenters. The molecule has 9 rings (SSSR count). The number of hydrogen-bond donors (Lipinski definition) is 1. The fraction of sp³-hybridized carbons (Fsp3) is 0.341. The van der Waals surface area contributed by atoms with Crippen LogP contribution in [-0.2, 0) is 16.1 Å². The molecule has 0 radical (unpaired) electrons. The number of carbonyl (C=O) groups is 4. The van der Waals surface area contributed by atoms with Gasteiger partial charge in [-0.05, 0) is 98.8 Å². The molecular weight excluding hydrogens is 702 g/mol. The maximum atomic E-state index is 14.1. The minimum absolute atomic E-state index is 0.0529. The van der Waals surface area contributed by atoms with Crippen LogP contribution in [0.5, 0.6) is 0 Å². The Morgan fingerprint density at radius 2 is 1.65 bits per heavy atom. The van der Waals surface area contributed by atoms with E-state index in [1.165, 1.54) is 6.07 Å². The number of rotatable bonds is 8. The van der Waals surface area contributed by atoms with Crippen LogP contribution < -0.4 is 15.1 Å². The van der Waals surface area contributed by atoms with Crippen molar-refractivity contribution in [2.75, 3.05) is 36.5 Å². The summed E-state index contributed by atoms with van der Waals surface area (Å²) in [7, 11) is 2.07. The summed E-state index contributed by atoms with van der Waals surface area (Å²) in [6.07, 6.45) is 5.78. The highest BCUT2D eigenvalue weighted by atomic mass is 19.1. The molecular formula is C41H40FN9O4. The second kappa shape index (κ2) is 14.0. The lowest BCUT2D eigenvalue weighted by atomic mass is 10.0. The van der Waals surface area contributed by atoms with Crippen LogP contribution in [0.25, 0.3) is 17.0 Å². The normalized spacial score (nSPS) is 20.6. The second-order valence-corrected chi connectivity index (χ2v) is 14.9. The van der Waals surface area contributed by atoms with E-state index < -0.39 is 29.7 Å². The lowest BCUT2D eigenvalue weighted by Crippen LogP contribution is -2.54. The third-order valence-corrected chi connectivity index (χ3v) is 11.5. The summed E-state index contributed by atoms with van der Waals surface area (Å²) in [6.45, 7) is 3.06. The van der Waals surface area contributed by atoms with E-state index >= 15 is 0 Å². The number of benzene rings is 2. The average Bonchev–Trinajstić information content (AvgIpc) is 3.92. The molecule has 3 aromatic heterocycles. The third kappa shape index (κ3) is 6.39. The van der Waals surface area contributed by atoms with Gasteiger partial charge in [0.05, 0.1) is 29.1 Å². The highest BCUT2D eigenvalue weighted by Crippen LogP contribution is 2.36. The number of pyridine rings is 1. The van der Waals surface area contributed by atoms with Crippen molar-refractivity contribution in [2.24, 2.45) is 0 Å². The van der Waals surface area contributed by atoms with E-state index in [2.05, 4.69) is 32.0 Å². The number of imidazole rings is 1. The highest BCUT2D eigenvalue weighted by Gasteiger charge is 2.44. The topological polar surface area (TPSA) is 136 Å². The Hall–Kier alpha value is -6.02. The van der Waals surface area contributed by atoms with Gasteiger partial charge in [0, 0.05) is 38.6 Å². The lowest BCUT2D eigenvalue weighted by molar-refractivity contribution is -0.136. The number of halogens is 1. The maximum Gasteiger partial charge on any atom is 0.262 e. The smallest absolute Gasteiger partial charge is 0.262 e. The average molecular weight is 742 g/mol. The van der Waals surface area contributed by atoms with Crippen LogP contribution in [0.3, 0.4) is 0 Å². The van der Waals surface area contributed by atoms with E-state index in [0.717, 1.165) is 90.0 Å². The van der Waals surface area contributed by atoms with Gasteiger partial charge >= 0.3 is 0 Å². The first-order chi connectivity index (χ1) is 26.7. The molecule has 4 amide bonds. The number of aromatic nitrogens is 4. The first-order valence-electron chi connectivity index (χ1n) is 18.9. The molecule has 14 heteroatoms. The Labute approximate surface area is 316 Å². The van der Waals surface area contributed by atoms with Gasteiger partial charge in [-0.25, -0.2) is 18.9 Å². The molecule has 3 saturated heterocycles. The molecule has 2 aromatic carbocycles. The molecule has 2 atom stereocenters. The maximum absolute atomic E-state index is 14.1. The van der Waals surface area contributed by atoms with Crippen molar-refractivity contribution in [1.29, 1.82) is 0 Å². The summed E-state index contributed by atoms with van der Waals surface area (Å²) in [5.41, 5.74) is 4.73.